The molecule has 114 valence electrons. The molecule has 1 aromatic heterocycles. The standard InChI is InChI=1S/C19H19BrOS/c1-12-9-16(21-4)14(11-15(12)20)19(2,3)18-10-13-7-5-6-8-17(13)22-18/h5-11H,1-4H3. The largest absolute Gasteiger partial charge is 0.496 e. The predicted octanol–water partition coefficient (Wildman–Crippen LogP) is 6.31. The van der Waals surface area contributed by atoms with Gasteiger partial charge in [-0.1, -0.05) is 48.0 Å². The fraction of sp³-hybridized carbons (Fsp3) is 0.263. The molecule has 0 N–H and O–H groups in total. The summed E-state index contributed by atoms with van der Waals surface area (Å²) in [6, 6.07) is 15.1. The van der Waals surface area contributed by atoms with E-state index < -0.39 is 0 Å². The molecule has 3 rings (SSSR count). The Morgan fingerprint density at radius 3 is 2.50 bits per heavy atom. The highest BCUT2D eigenvalue weighted by Crippen LogP contribution is 2.43. The fourth-order valence-corrected chi connectivity index (χ4v) is 4.26. The molecule has 22 heavy (non-hydrogen) atoms. The number of benzene rings is 2. The van der Waals surface area contributed by atoms with Crippen LogP contribution in [0.4, 0.5) is 0 Å². The highest BCUT2D eigenvalue weighted by atomic mass is 79.9. The lowest BCUT2D eigenvalue weighted by Crippen LogP contribution is -2.18. The first kappa shape index (κ1) is 15.6. The summed E-state index contributed by atoms with van der Waals surface area (Å²) >= 11 is 5.51. The van der Waals surface area contributed by atoms with Crippen LogP contribution in [0.2, 0.25) is 0 Å². The summed E-state index contributed by atoms with van der Waals surface area (Å²) in [5.74, 6) is 0.947. The molecule has 1 nitrogen and oxygen atoms in total. The van der Waals surface area contributed by atoms with Crippen molar-refractivity contribution in [2.75, 3.05) is 7.11 Å². The van der Waals surface area contributed by atoms with Crippen molar-refractivity contribution in [1.29, 1.82) is 0 Å². The number of hydrogen-bond donors (Lipinski definition) is 0. The number of rotatable bonds is 3. The first-order valence-electron chi connectivity index (χ1n) is 7.27. The number of hydrogen-bond acceptors (Lipinski definition) is 2. The second kappa shape index (κ2) is 5.71. The maximum absolute atomic E-state index is 5.65. The number of halogens is 1. The second-order valence-corrected chi connectivity index (χ2v) is 8.01. The maximum atomic E-state index is 5.65. The van der Waals surface area contributed by atoms with Gasteiger partial charge in [0.2, 0.25) is 0 Å². The molecule has 0 saturated heterocycles. The molecular weight excluding hydrogens is 356 g/mol. The molecular formula is C19H19BrOS. The van der Waals surface area contributed by atoms with Crippen LogP contribution in [0.1, 0.15) is 29.9 Å². The van der Waals surface area contributed by atoms with Crippen molar-refractivity contribution in [3.05, 3.63) is 62.9 Å². The van der Waals surface area contributed by atoms with E-state index in [4.69, 9.17) is 4.74 Å². The molecule has 2 aromatic carbocycles. The average Bonchev–Trinajstić information content (AvgIpc) is 2.94. The van der Waals surface area contributed by atoms with Gasteiger partial charge in [0.25, 0.3) is 0 Å². The quantitative estimate of drug-likeness (QED) is 0.521. The lowest BCUT2D eigenvalue weighted by molar-refractivity contribution is 0.401. The van der Waals surface area contributed by atoms with Gasteiger partial charge in [-0.15, -0.1) is 11.3 Å². The van der Waals surface area contributed by atoms with E-state index in [9.17, 15) is 0 Å². The highest BCUT2D eigenvalue weighted by Gasteiger charge is 2.29. The molecule has 1 heterocycles. The summed E-state index contributed by atoms with van der Waals surface area (Å²) in [6.07, 6.45) is 0. The molecule has 0 bridgehead atoms. The fourth-order valence-electron chi connectivity index (χ4n) is 2.73. The van der Waals surface area contributed by atoms with Crippen molar-refractivity contribution in [3.8, 4) is 5.75 Å². The number of ether oxygens (including phenoxy) is 1. The lowest BCUT2D eigenvalue weighted by atomic mass is 9.82. The molecule has 0 aliphatic carbocycles. The van der Waals surface area contributed by atoms with Crippen LogP contribution < -0.4 is 4.74 Å². The van der Waals surface area contributed by atoms with E-state index in [0.29, 0.717) is 0 Å². The van der Waals surface area contributed by atoms with Crippen molar-refractivity contribution in [1.82, 2.24) is 0 Å². The van der Waals surface area contributed by atoms with Crippen LogP contribution in [-0.4, -0.2) is 7.11 Å². The van der Waals surface area contributed by atoms with E-state index in [1.807, 2.05) is 11.3 Å². The van der Waals surface area contributed by atoms with E-state index in [0.717, 1.165) is 10.2 Å². The van der Waals surface area contributed by atoms with E-state index in [1.165, 1.54) is 26.1 Å². The van der Waals surface area contributed by atoms with Gasteiger partial charge in [-0.25, -0.2) is 0 Å². The SMILES string of the molecule is COc1cc(C)c(Br)cc1C(C)(C)c1cc2ccccc2s1. The van der Waals surface area contributed by atoms with E-state index in [2.05, 4.69) is 79.2 Å². The second-order valence-electron chi connectivity index (χ2n) is 6.08. The zero-order valence-electron chi connectivity index (χ0n) is 13.2. The molecule has 3 heteroatoms. The number of aryl methyl sites for hydroxylation is 1. The predicted molar refractivity (Wildman–Crippen MR) is 99.4 cm³/mol. The van der Waals surface area contributed by atoms with Crippen molar-refractivity contribution in [2.24, 2.45) is 0 Å². The highest BCUT2D eigenvalue weighted by molar-refractivity contribution is 9.10. The van der Waals surface area contributed by atoms with E-state index in [1.54, 1.807) is 7.11 Å². The van der Waals surface area contributed by atoms with Crippen molar-refractivity contribution >= 4 is 37.4 Å². The first-order chi connectivity index (χ1) is 10.4. The van der Waals surface area contributed by atoms with Gasteiger partial charge in [-0.3, -0.25) is 0 Å². The van der Waals surface area contributed by atoms with Gasteiger partial charge < -0.3 is 4.74 Å². The van der Waals surface area contributed by atoms with Crippen LogP contribution >= 0.6 is 27.3 Å². The summed E-state index contributed by atoms with van der Waals surface area (Å²) in [4.78, 5) is 1.35. The Morgan fingerprint density at radius 1 is 1.09 bits per heavy atom. The first-order valence-corrected chi connectivity index (χ1v) is 8.88. The van der Waals surface area contributed by atoms with Crippen molar-refractivity contribution < 1.29 is 4.74 Å². The molecule has 3 aromatic rings. The third-order valence-electron chi connectivity index (χ3n) is 4.20. The van der Waals surface area contributed by atoms with Crippen LogP contribution in [0, 0.1) is 6.92 Å². The summed E-state index contributed by atoms with van der Waals surface area (Å²) in [6.45, 7) is 6.61. The molecule has 0 aliphatic rings. The Morgan fingerprint density at radius 2 is 1.82 bits per heavy atom. The Bertz CT molecular complexity index is 800. The van der Waals surface area contributed by atoms with E-state index >= 15 is 0 Å². The number of fused-ring (bicyclic) bond motifs is 1. The zero-order valence-corrected chi connectivity index (χ0v) is 15.6. The zero-order chi connectivity index (χ0) is 15.9. The summed E-state index contributed by atoms with van der Waals surface area (Å²) < 4.78 is 8.10. The minimum Gasteiger partial charge on any atom is -0.496 e. The number of methoxy groups -OCH3 is 1. The molecule has 0 amide bonds. The van der Waals surface area contributed by atoms with Crippen LogP contribution in [0.3, 0.4) is 0 Å². The normalized spacial score (nSPS) is 11.9. The smallest absolute Gasteiger partial charge is 0.123 e. The molecule has 0 aliphatic heterocycles. The Kier molecular flexibility index (Phi) is 4.04. The van der Waals surface area contributed by atoms with Crippen LogP contribution in [0.25, 0.3) is 10.1 Å². The third-order valence-corrected chi connectivity index (χ3v) is 6.49. The minimum absolute atomic E-state index is 0.106. The Balaban J connectivity index is 2.18. The molecule has 0 unspecified atom stereocenters. The Labute approximate surface area is 144 Å². The lowest BCUT2D eigenvalue weighted by Gasteiger charge is -2.27. The van der Waals surface area contributed by atoms with Gasteiger partial charge in [0.15, 0.2) is 0 Å². The monoisotopic (exact) mass is 374 g/mol. The van der Waals surface area contributed by atoms with Gasteiger partial charge in [0.05, 0.1) is 7.11 Å². The summed E-state index contributed by atoms with van der Waals surface area (Å²) in [5, 5.41) is 1.31. The molecule has 0 saturated carbocycles. The molecule has 0 spiro atoms. The van der Waals surface area contributed by atoms with Crippen molar-refractivity contribution in [3.63, 3.8) is 0 Å². The molecule has 0 atom stereocenters. The van der Waals surface area contributed by atoms with Crippen molar-refractivity contribution in [2.45, 2.75) is 26.2 Å². The Hall–Kier alpha value is -1.32. The molecule has 0 radical (unpaired) electrons. The van der Waals surface area contributed by atoms with Gasteiger partial charge in [-0.05, 0) is 42.1 Å². The van der Waals surface area contributed by atoms with Crippen LogP contribution in [0.15, 0.2) is 46.9 Å². The number of thiophene rings is 1. The van der Waals surface area contributed by atoms with Gasteiger partial charge in [-0.2, -0.15) is 0 Å². The molecule has 0 fully saturated rings. The minimum atomic E-state index is -0.106. The van der Waals surface area contributed by atoms with Crippen LogP contribution in [0.5, 0.6) is 5.75 Å². The average molecular weight is 375 g/mol. The third kappa shape index (κ3) is 2.57. The van der Waals surface area contributed by atoms with Crippen LogP contribution in [-0.2, 0) is 5.41 Å². The van der Waals surface area contributed by atoms with Gasteiger partial charge >= 0.3 is 0 Å². The topological polar surface area (TPSA) is 9.23 Å². The maximum Gasteiger partial charge on any atom is 0.123 e. The van der Waals surface area contributed by atoms with Gasteiger partial charge in [0.1, 0.15) is 5.75 Å². The van der Waals surface area contributed by atoms with Gasteiger partial charge in [0, 0.05) is 25.0 Å². The van der Waals surface area contributed by atoms with E-state index in [-0.39, 0.29) is 5.41 Å². The summed E-state index contributed by atoms with van der Waals surface area (Å²) in [5.41, 5.74) is 2.29. The summed E-state index contributed by atoms with van der Waals surface area (Å²) in [7, 11) is 1.74.